The van der Waals surface area contributed by atoms with Gasteiger partial charge in [-0.2, -0.15) is 0 Å². The predicted molar refractivity (Wildman–Crippen MR) is 77.8 cm³/mol. The first kappa shape index (κ1) is 13.1. The molecule has 100 valence electrons. The Labute approximate surface area is 112 Å². The topological polar surface area (TPSA) is 65.5 Å². The fourth-order valence-electron chi connectivity index (χ4n) is 1.84. The van der Waals surface area contributed by atoms with Crippen molar-refractivity contribution in [2.45, 2.75) is 0 Å². The van der Waals surface area contributed by atoms with Gasteiger partial charge in [-0.15, -0.1) is 6.58 Å². The van der Waals surface area contributed by atoms with Crippen molar-refractivity contribution in [2.24, 2.45) is 4.99 Å². The lowest BCUT2D eigenvalue weighted by atomic mass is 10.1. The Hall–Kier alpha value is -2.30. The van der Waals surface area contributed by atoms with E-state index in [1.165, 1.54) is 0 Å². The van der Waals surface area contributed by atoms with E-state index < -0.39 is 0 Å². The van der Waals surface area contributed by atoms with Crippen LogP contribution in [0.5, 0.6) is 0 Å². The monoisotopic (exact) mass is 258 g/mol. The lowest BCUT2D eigenvalue weighted by Gasteiger charge is -2.11. The van der Waals surface area contributed by atoms with Crippen LogP contribution in [0.15, 0.2) is 41.9 Å². The number of amidine groups is 1. The third-order valence-corrected chi connectivity index (χ3v) is 2.77. The first-order chi connectivity index (χ1) is 9.31. The third-order valence-electron chi connectivity index (χ3n) is 2.77. The Morgan fingerprint density at radius 2 is 2.32 bits per heavy atom. The molecule has 0 unspecified atom stereocenters. The number of aliphatic imine (C=N–C) groups is 1. The Morgan fingerprint density at radius 3 is 3.05 bits per heavy atom. The number of benzene rings is 1. The predicted octanol–water partition coefficient (Wildman–Crippen LogP) is 1.02. The molecule has 0 aliphatic carbocycles. The van der Waals surface area contributed by atoms with E-state index in [1.54, 1.807) is 12.1 Å². The lowest BCUT2D eigenvalue weighted by Crippen LogP contribution is -2.28. The minimum absolute atomic E-state index is 0.107. The van der Waals surface area contributed by atoms with Crippen LogP contribution in [0.25, 0.3) is 0 Å². The number of rotatable bonds is 6. The molecule has 2 rings (SSSR count). The van der Waals surface area contributed by atoms with E-state index in [2.05, 4.69) is 27.5 Å². The molecule has 0 atom stereocenters. The second-order valence-electron chi connectivity index (χ2n) is 4.15. The number of carbonyl (C=O) groups is 1. The van der Waals surface area contributed by atoms with Gasteiger partial charge in [0.2, 0.25) is 0 Å². The molecule has 1 heterocycles. The first-order valence-electron chi connectivity index (χ1n) is 6.30. The molecular formula is C14H18N4O. The molecule has 5 heteroatoms. The molecule has 0 saturated carbocycles. The van der Waals surface area contributed by atoms with Gasteiger partial charge in [0.25, 0.3) is 5.91 Å². The lowest BCUT2D eigenvalue weighted by molar-refractivity contribution is 0.0959. The summed E-state index contributed by atoms with van der Waals surface area (Å²) in [5, 5.41) is 9.19. The van der Waals surface area contributed by atoms with E-state index in [0.717, 1.165) is 24.6 Å². The summed E-state index contributed by atoms with van der Waals surface area (Å²) in [7, 11) is 0. The summed E-state index contributed by atoms with van der Waals surface area (Å²) >= 11 is 0. The van der Waals surface area contributed by atoms with E-state index in [0.29, 0.717) is 18.7 Å². The summed E-state index contributed by atoms with van der Waals surface area (Å²) in [5.74, 6) is 0.825. The molecule has 1 aliphatic heterocycles. The van der Waals surface area contributed by atoms with Gasteiger partial charge in [0.05, 0.1) is 18.7 Å². The molecule has 1 aromatic carbocycles. The van der Waals surface area contributed by atoms with Crippen LogP contribution in [-0.2, 0) is 0 Å². The van der Waals surface area contributed by atoms with Crippen LogP contribution in [0.2, 0.25) is 0 Å². The molecule has 0 bridgehead atoms. The van der Waals surface area contributed by atoms with Crippen molar-refractivity contribution in [3.8, 4) is 0 Å². The van der Waals surface area contributed by atoms with Crippen molar-refractivity contribution in [3.05, 3.63) is 42.5 Å². The molecule has 19 heavy (non-hydrogen) atoms. The van der Waals surface area contributed by atoms with E-state index >= 15 is 0 Å². The normalized spacial score (nSPS) is 13.4. The van der Waals surface area contributed by atoms with Crippen molar-refractivity contribution >= 4 is 17.4 Å². The Balaban J connectivity index is 2.02. The Kier molecular flexibility index (Phi) is 4.55. The van der Waals surface area contributed by atoms with E-state index in [1.807, 2.05) is 18.2 Å². The molecular weight excluding hydrogens is 240 g/mol. The maximum atomic E-state index is 12.0. The van der Waals surface area contributed by atoms with Crippen molar-refractivity contribution < 1.29 is 4.79 Å². The van der Waals surface area contributed by atoms with Crippen molar-refractivity contribution in [2.75, 3.05) is 31.5 Å². The van der Waals surface area contributed by atoms with Gasteiger partial charge in [-0.05, 0) is 12.1 Å². The minimum atomic E-state index is -0.107. The Bertz CT molecular complexity index is 496. The average Bonchev–Trinajstić information content (AvgIpc) is 2.96. The highest BCUT2D eigenvalue weighted by atomic mass is 16.1. The average molecular weight is 258 g/mol. The largest absolute Gasteiger partial charge is 0.377 e. The SMILES string of the molecule is C=CCNC(=O)c1ccccc1NCC1=NCCN1. The number of hydrogen-bond donors (Lipinski definition) is 3. The summed E-state index contributed by atoms with van der Waals surface area (Å²) in [5.41, 5.74) is 1.43. The van der Waals surface area contributed by atoms with Crippen molar-refractivity contribution in [3.63, 3.8) is 0 Å². The van der Waals surface area contributed by atoms with Crippen LogP contribution >= 0.6 is 0 Å². The number of nitrogens with one attached hydrogen (secondary N) is 3. The van der Waals surface area contributed by atoms with E-state index in [4.69, 9.17) is 0 Å². The standard InChI is InChI=1S/C14H18N4O/c1-2-7-17-14(19)11-5-3-4-6-12(11)18-10-13-15-8-9-16-13/h2-6,18H,1,7-10H2,(H,15,16)(H,17,19). The molecule has 0 radical (unpaired) electrons. The van der Waals surface area contributed by atoms with Crippen molar-refractivity contribution in [1.29, 1.82) is 0 Å². The molecule has 1 aromatic rings. The molecule has 0 spiro atoms. The zero-order valence-electron chi connectivity index (χ0n) is 10.8. The van der Waals surface area contributed by atoms with Gasteiger partial charge < -0.3 is 16.0 Å². The summed E-state index contributed by atoms with van der Waals surface area (Å²) < 4.78 is 0. The van der Waals surface area contributed by atoms with Crippen LogP contribution in [0.4, 0.5) is 5.69 Å². The zero-order valence-corrected chi connectivity index (χ0v) is 10.8. The van der Waals surface area contributed by atoms with Crippen LogP contribution in [-0.4, -0.2) is 37.9 Å². The quantitative estimate of drug-likeness (QED) is 0.667. The van der Waals surface area contributed by atoms with Gasteiger partial charge in [-0.1, -0.05) is 18.2 Å². The highest BCUT2D eigenvalue weighted by Gasteiger charge is 2.11. The number of hydrogen-bond acceptors (Lipinski definition) is 4. The molecule has 0 saturated heterocycles. The summed E-state index contributed by atoms with van der Waals surface area (Å²) in [6.45, 7) is 6.35. The number of nitrogens with zero attached hydrogens (tertiary/aromatic N) is 1. The fourth-order valence-corrected chi connectivity index (χ4v) is 1.84. The number of anilines is 1. The Morgan fingerprint density at radius 1 is 1.47 bits per heavy atom. The van der Waals surface area contributed by atoms with Crippen LogP contribution in [0.1, 0.15) is 10.4 Å². The van der Waals surface area contributed by atoms with Crippen LogP contribution < -0.4 is 16.0 Å². The molecule has 1 amide bonds. The van der Waals surface area contributed by atoms with Gasteiger partial charge >= 0.3 is 0 Å². The fraction of sp³-hybridized carbons (Fsp3) is 0.286. The third kappa shape index (κ3) is 3.58. The van der Waals surface area contributed by atoms with Gasteiger partial charge in [0.1, 0.15) is 5.84 Å². The summed E-state index contributed by atoms with van der Waals surface area (Å²) in [6.07, 6.45) is 1.66. The van der Waals surface area contributed by atoms with Gasteiger partial charge in [-0.3, -0.25) is 9.79 Å². The zero-order chi connectivity index (χ0) is 13.5. The molecule has 5 nitrogen and oxygen atoms in total. The van der Waals surface area contributed by atoms with E-state index in [-0.39, 0.29) is 5.91 Å². The highest BCUT2D eigenvalue weighted by Crippen LogP contribution is 2.14. The summed E-state index contributed by atoms with van der Waals surface area (Å²) in [4.78, 5) is 16.3. The van der Waals surface area contributed by atoms with Crippen LogP contribution in [0, 0.1) is 0 Å². The molecule has 3 N–H and O–H groups in total. The minimum Gasteiger partial charge on any atom is -0.377 e. The maximum absolute atomic E-state index is 12.0. The second kappa shape index (κ2) is 6.58. The summed E-state index contributed by atoms with van der Waals surface area (Å²) in [6, 6.07) is 7.43. The molecule has 0 aromatic heterocycles. The first-order valence-corrected chi connectivity index (χ1v) is 6.30. The molecule has 1 aliphatic rings. The number of carbonyl (C=O) groups excluding carboxylic acids is 1. The van der Waals surface area contributed by atoms with E-state index in [9.17, 15) is 4.79 Å². The van der Waals surface area contributed by atoms with Crippen LogP contribution in [0.3, 0.4) is 0 Å². The highest BCUT2D eigenvalue weighted by molar-refractivity contribution is 6.00. The van der Waals surface area contributed by atoms with Gasteiger partial charge in [0, 0.05) is 18.8 Å². The number of para-hydroxylation sites is 1. The smallest absolute Gasteiger partial charge is 0.253 e. The van der Waals surface area contributed by atoms with Gasteiger partial charge in [-0.25, -0.2) is 0 Å². The molecule has 0 fully saturated rings. The second-order valence-corrected chi connectivity index (χ2v) is 4.15. The number of amides is 1. The van der Waals surface area contributed by atoms with Crippen molar-refractivity contribution in [1.82, 2.24) is 10.6 Å². The maximum Gasteiger partial charge on any atom is 0.253 e. The van der Waals surface area contributed by atoms with Gasteiger partial charge in [0.15, 0.2) is 0 Å².